The number of aromatic nitrogens is 1. The number of rotatable bonds is 4. The molecule has 21 heavy (non-hydrogen) atoms. The lowest BCUT2D eigenvalue weighted by Gasteiger charge is -2.09. The van der Waals surface area contributed by atoms with Gasteiger partial charge in [0.05, 0.1) is 12.8 Å². The predicted molar refractivity (Wildman–Crippen MR) is 84.2 cm³/mol. The molecule has 3 heteroatoms. The number of aryl methyl sites for hydroxylation is 1. The Morgan fingerprint density at radius 2 is 1.86 bits per heavy atom. The highest BCUT2D eigenvalue weighted by Crippen LogP contribution is 2.22. The number of carbonyl (C=O) groups excluding carboxylic acids is 1. The molecule has 0 saturated carbocycles. The molecular weight excluding hydrogens is 262 g/mol. The van der Waals surface area contributed by atoms with Crippen LogP contribution >= 0.6 is 0 Å². The average molecular weight is 279 g/mol. The summed E-state index contributed by atoms with van der Waals surface area (Å²) in [6, 6.07) is 16.1. The second-order valence-electron chi connectivity index (χ2n) is 5.18. The average Bonchev–Trinajstić information content (AvgIpc) is 2.85. The minimum atomic E-state index is 0.671. The number of ether oxygens (including phenoxy) is 1. The summed E-state index contributed by atoms with van der Waals surface area (Å²) in [4.78, 5) is 11.3. The minimum Gasteiger partial charge on any atom is -0.497 e. The first kappa shape index (κ1) is 13.4. The van der Waals surface area contributed by atoms with Crippen molar-refractivity contribution in [1.82, 2.24) is 4.57 Å². The Morgan fingerprint density at radius 3 is 2.52 bits per heavy atom. The van der Waals surface area contributed by atoms with Gasteiger partial charge in [-0.25, -0.2) is 0 Å². The number of methoxy groups -OCH3 is 1. The Morgan fingerprint density at radius 1 is 1.10 bits per heavy atom. The van der Waals surface area contributed by atoms with Gasteiger partial charge in [0, 0.05) is 17.4 Å². The molecule has 1 aromatic heterocycles. The van der Waals surface area contributed by atoms with E-state index in [-0.39, 0.29) is 0 Å². The van der Waals surface area contributed by atoms with Gasteiger partial charge in [0.1, 0.15) is 5.75 Å². The largest absolute Gasteiger partial charge is 0.497 e. The summed E-state index contributed by atoms with van der Waals surface area (Å²) in [6.07, 6.45) is 0.916. The molecular formula is C18H17NO2. The van der Waals surface area contributed by atoms with Gasteiger partial charge in [-0.3, -0.25) is 4.79 Å². The number of carbonyl (C=O) groups is 1. The molecule has 0 N–H and O–H groups in total. The zero-order valence-corrected chi connectivity index (χ0v) is 12.2. The molecule has 0 aliphatic carbocycles. The standard InChI is InChI=1S/C18H17NO2/c1-13-3-8-18-15(9-13)10-16(12-20)19(18)11-14-4-6-17(21-2)7-5-14/h3-10,12H,11H2,1-2H3. The summed E-state index contributed by atoms with van der Waals surface area (Å²) < 4.78 is 7.21. The summed E-state index contributed by atoms with van der Waals surface area (Å²) >= 11 is 0. The van der Waals surface area contributed by atoms with Crippen LogP contribution in [0.5, 0.6) is 5.75 Å². The third-order valence-electron chi connectivity index (χ3n) is 3.71. The van der Waals surface area contributed by atoms with Gasteiger partial charge in [0.25, 0.3) is 0 Å². The van der Waals surface area contributed by atoms with Crippen molar-refractivity contribution in [3.05, 3.63) is 65.4 Å². The van der Waals surface area contributed by atoms with Crippen molar-refractivity contribution in [2.45, 2.75) is 13.5 Å². The summed E-state index contributed by atoms with van der Waals surface area (Å²) in [5.41, 5.74) is 4.11. The molecule has 0 aliphatic rings. The third-order valence-corrected chi connectivity index (χ3v) is 3.71. The van der Waals surface area contributed by atoms with Gasteiger partial charge in [-0.2, -0.15) is 0 Å². The Labute approximate surface area is 123 Å². The number of nitrogens with zero attached hydrogens (tertiary/aromatic N) is 1. The van der Waals surface area contributed by atoms with Crippen molar-refractivity contribution < 1.29 is 9.53 Å². The molecule has 0 spiro atoms. The van der Waals surface area contributed by atoms with E-state index < -0.39 is 0 Å². The lowest BCUT2D eigenvalue weighted by Crippen LogP contribution is -2.03. The lowest BCUT2D eigenvalue weighted by molar-refractivity contribution is 0.111. The van der Waals surface area contributed by atoms with Crippen LogP contribution in [-0.2, 0) is 6.54 Å². The number of benzene rings is 2. The van der Waals surface area contributed by atoms with Gasteiger partial charge < -0.3 is 9.30 Å². The number of fused-ring (bicyclic) bond motifs is 1. The van der Waals surface area contributed by atoms with Crippen LogP contribution in [0.3, 0.4) is 0 Å². The van der Waals surface area contributed by atoms with Gasteiger partial charge in [0.15, 0.2) is 6.29 Å². The Kier molecular flexibility index (Phi) is 3.48. The second-order valence-corrected chi connectivity index (χ2v) is 5.18. The van der Waals surface area contributed by atoms with Crippen molar-refractivity contribution in [3.8, 4) is 5.75 Å². The van der Waals surface area contributed by atoms with E-state index in [2.05, 4.69) is 25.1 Å². The van der Waals surface area contributed by atoms with E-state index in [4.69, 9.17) is 4.74 Å². The highest BCUT2D eigenvalue weighted by Gasteiger charge is 2.09. The van der Waals surface area contributed by atoms with Crippen LogP contribution in [0, 0.1) is 6.92 Å². The van der Waals surface area contributed by atoms with Crippen LogP contribution in [0.4, 0.5) is 0 Å². The third kappa shape index (κ3) is 2.55. The molecule has 0 aliphatic heterocycles. The van der Waals surface area contributed by atoms with Gasteiger partial charge in [-0.05, 0) is 42.8 Å². The Hall–Kier alpha value is -2.55. The molecule has 0 amide bonds. The van der Waals surface area contributed by atoms with Crippen LogP contribution in [0.15, 0.2) is 48.5 Å². The molecule has 3 nitrogen and oxygen atoms in total. The summed E-state index contributed by atoms with van der Waals surface area (Å²) in [5.74, 6) is 0.836. The highest BCUT2D eigenvalue weighted by atomic mass is 16.5. The normalized spacial score (nSPS) is 10.8. The predicted octanol–water partition coefficient (Wildman–Crippen LogP) is 3.82. The van der Waals surface area contributed by atoms with Crippen molar-refractivity contribution in [2.75, 3.05) is 7.11 Å². The summed E-state index contributed by atoms with van der Waals surface area (Å²) in [6.45, 7) is 2.73. The number of aldehydes is 1. The molecule has 0 unspecified atom stereocenters. The Bertz CT molecular complexity index is 785. The monoisotopic (exact) mass is 279 g/mol. The second kappa shape index (κ2) is 5.44. The number of hydrogen-bond acceptors (Lipinski definition) is 2. The maximum atomic E-state index is 11.3. The van der Waals surface area contributed by atoms with Crippen LogP contribution in [0.25, 0.3) is 10.9 Å². The van der Waals surface area contributed by atoms with Crippen LogP contribution < -0.4 is 4.74 Å². The molecule has 0 atom stereocenters. The fourth-order valence-corrected chi connectivity index (χ4v) is 2.60. The molecule has 1 heterocycles. The fraction of sp³-hybridized carbons (Fsp3) is 0.167. The Balaban J connectivity index is 2.03. The first-order valence-corrected chi connectivity index (χ1v) is 6.89. The quantitative estimate of drug-likeness (QED) is 0.680. The van der Waals surface area contributed by atoms with Crippen LogP contribution in [0.1, 0.15) is 21.6 Å². The number of hydrogen-bond donors (Lipinski definition) is 0. The topological polar surface area (TPSA) is 31.2 Å². The van der Waals surface area contributed by atoms with E-state index in [0.717, 1.165) is 28.5 Å². The molecule has 0 bridgehead atoms. The van der Waals surface area contributed by atoms with E-state index in [1.807, 2.05) is 34.9 Å². The van der Waals surface area contributed by atoms with E-state index in [1.165, 1.54) is 5.56 Å². The van der Waals surface area contributed by atoms with Crippen LogP contribution in [0.2, 0.25) is 0 Å². The van der Waals surface area contributed by atoms with E-state index in [0.29, 0.717) is 12.2 Å². The molecule has 0 radical (unpaired) electrons. The van der Waals surface area contributed by atoms with E-state index in [9.17, 15) is 4.79 Å². The van der Waals surface area contributed by atoms with Gasteiger partial charge >= 0.3 is 0 Å². The first-order chi connectivity index (χ1) is 10.2. The zero-order chi connectivity index (χ0) is 14.8. The van der Waals surface area contributed by atoms with Crippen molar-refractivity contribution in [1.29, 1.82) is 0 Å². The van der Waals surface area contributed by atoms with Gasteiger partial charge in [0.2, 0.25) is 0 Å². The summed E-state index contributed by atoms with van der Waals surface area (Å²) in [7, 11) is 1.65. The van der Waals surface area contributed by atoms with Crippen molar-refractivity contribution in [3.63, 3.8) is 0 Å². The summed E-state index contributed by atoms with van der Waals surface area (Å²) in [5, 5.41) is 1.10. The molecule has 3 aromatic rings. The van der Waals surface area contributed by atoms with E-state index in [1.54, 1.807) is 7.11 Å². The fourth-order valence-electron chi connectivity index (χ4n) is 2.60. The highest BCUT2D eigenvalue weighted by molar-refractivity contribution is 5.89. The first-order valence-electron chi connectivity index (χ1n) is 6.89. The molecule has 0 fully saturated rings. The molecule has 2 aromatic carbocycles. The maximum absolute atomic E-state index is 11.3. The zero-order valence-electron chi connectivity index (χ0n) is 12.2. The van der Waals surface area contributed by atoms with Crippen molar-refractivity contribution >= 4 is 17.2 Å². The molecule has 3 rings (SSSR count). The molecule has 0 saturated heterocycles. The molecule has 106 valence electrons. The van der Waals surface area contributed by atoms with Crippen molar-refractivity contribution in [2.24, 2.45) is 0 Å². The maximum Gasteiger partial charge on any atom is 0.166 e. The van der Waals surface area contributed by atoms with Gasteiger partial charge in [-0.15, -0.1) is 0 Å². The van der Waals surface area contributed by atoms with Crippen LogP contribution in [-0.4, -0.2) is 18.0 Å². The SMILES string of the molecule is COc1ccc(Cn2c(C=O)cc3cc(C)ccc32)cc1. The smallest absolute Gasteiger partial charge is 0.166 e. The van der Waals surface area contributed by atoms with E-state index >= 15 is 0 Å². The van der Waals surface area contributed by atoms with Gasteiger partial charge in [-0.1, -0.05) is 23.8 Å². The lowest BCUT2D eigenvalue weighted by atomic mass is 10.2. The minimum absolute atomic E-state index is 0.671.